The molecular weight excluding hydrogens is 412 g/mol. The number of nitrogens with zero attached hydrogens (tertiary/aromatic N) is 1. The molecule has 1 aliphatic heterocycles. The first kappa shape index (κ1) is 22.3. The predicted octanol–water partition coefficient (Wildman–Crippen LogP) is 5.72. The van der Waals surface area contributed by atoms with Crippen molar-refractivity contribution in [3.63, 3.8) is 0 Å². The lowest BCUT2D eigenvalue weighted by molar-refractivity contribution is -0.120. The van der Waals surface area contributed by atoms with Gasteiger partial charge in [-0.25, -0.2) is 4.90 Å². The highest BCUT2D eigenvalue weighted by atomic mass is 16.5. The molecule has 0 fully saturated rings. The van der Waals surface area contributed by atoms with Crippen molar-refractivity contribution in [3.05, 3.63) is 94.2 Å². The molecule has 5 heteroatoms. The minimum atomic E-state index is -0.372. The summed E-state index contributed by atoms with van der Waals surface area (Å²) in [6.07, 6.45) is 0. The number of rotatable bonds is 6. The first-order chi connectivity index (χ1) is 15.8. The molecule has 3 aromatic rings. The van der Waals surface area contributed by atoms with Crippen molar-refractivity contribution in [2.45, 2.75) is 34.6 Å². The van der Waals surface area contributed by atoms with Crippen LogP contribution in [-0.4, -0.2) is 18.4 Å². The van der Waals surface area contributed by atoms with Crippen LogP contribution in [0.4, 0.5) is 11.4 Å². The van der Waals surface area contributed by atoms with Crippen LogP contribution in [-0.2, 0) is 9.59 Å². The first-order valence-electron chi connectivity index (χ1n) is 11.1. The minimum Gasteiger partial charge on any atom is -0.494 e. The highest BCUT2D eigenvalue weighted by Crippen LogP contribution is 2.36. The Bertz CT molecular complexity index is 1290. The van der Waals surface area contributed by atoms with Gasteiger partial charge in [0.2, 0.25) is 0 Å². The average Bonchev–Trinajstić information content (AvgIpc) is 2.99. The number of amides is 2. The molecule has 33 heavy (non-hydrogen) atoms. The Morgan fingerprint density at radius 1 is 0.818 bits per heavy atom. The molecule has 0 unspecified atom stereocenters. The number of benzene rings is 3. The van der Waals surface area contributed by atoms with Gasteiger partial charge in [-0.2, -0.15) is 0 Å². The van der Waals surface area contributed by atoms with Crippen molar-refractivity contribution in [2.75, 3.05) is 16.8 Å². The molecule has 0 saturated heterocycles. The van der Waals surface area contributed by atoms with Gasteiger partial charge in [0.15, 0.2) is 0 Å². The maximum Gasteiger partial charge on any atom is 0.282 e. The van der Waals surface area contributed by atoms with Gasteiger partial charge in [0.05, 0.1) is 17.9 Å². The quantitative estimate of drug-likeness (QED) is 0.499. The zero-order valence-electron chi connectivity index (χ0n) is 19.7. The second kappa shape index (κ2) is 8.94. The van der Waals surface area contributed by atoms with E-state index in [1.165, 1.54) is 4.90 Å². The Hall–Kier alpha value is -3.86. The predicted molar refractivity (Wildman–Crippen MR) is 132 cm³/mol. The fourth-order valence-corrected chi connectivity index (χ4v) is 4.24. The lowest BCUT2D eigenvalue weighted by Crippen LogP contribution is -2.33. The van der Waals surface area contributed by atoms with Crippen LogP contribution >= 0.6 is 0 Å². The van der Waals surface area contributed by atoms with Gasteiger partial charge in [0.25, 0.3) is 11.8 Å². The highest BCUT2D eigenvalue weighted by Gasteiger charge is 2.41. The van der Waals surface area contributed by atoms with Crippen LogP contribution < -0.4 is 15.0 Å². The molecule has 1 aliphatic rings. The second-order valence-corrected chi connectivity index (χ2v) is 8.39. The maximum absolute atomic E-state index is 13.7. The van der Waals surface area contributed by atoms with Crippen molar-refractivity contribution < 1.29 is 14.3 Å². The van der Waals surface area contributed by atoms with E-state index in [0.717, 1.165) is 27.8 Å². The van der Waals surface area contributed by atoms with Crippen LogP contribution in [0, 0.1) is 27.7 Å². The molecule has 0 spiro atoms. The summed E-state index contributed by atoms with van der Waals surface area (Å²) >= 11 is 0. The number of imide groups is 1. The van der Waals surface area contributed by atoms with Crippen molar-refractivity contribution >= 4 is 28.8 Å². The highest BCUT2D eigenvalue weighted by molar-refractivity contribution is 6.46. The molecule has 1 heterocycles. The van der Waals surface area contributed by atoms with E-state index in [1.54, 1.807) is 0 Å². The summed E-state index contributed by atoms with van der Waals surface area (Å²) in [6, 6.07) is 19.0. The van der Waals surface area contributed by atoms with E-state index in [9.17, 15) is 9.59 Å². The normalized spacial score (nSPS) is 13.7. The molecule has 3 aromatic carbocycles. The summed E-state index contributed by atoms with van der Waals surface area (Å²) in [7, 11) is 0. The summed E-state index contributed by atoms with van der Waals surface area (Å²) in [5, 5.41) is 3.23. The Kier molecular flexibility index (Phi) is 6.05. The molecule has 168 valence electrons. The van der Waals surface area contributed by atoms with E-state index in [-0.39, 0.29) is 17.5 Å². The zero-order chi connectivity index (χ0) is 23.7. The molecule has 5 nitrogen and oxygen atoms in total. The Labute approximate surface area is 194 Å². The van der Waals surface area contributed by atoms with Gasteiger partial charge in [-0.3, -0.25) is 9.59 Å². The summed E-state index contributed by atoms with van der Waals surface area (Å²) in [5.41, 5.74) is 6.64. The van der Waals surface area contributed by atoms with E-state index in [4.69, 9.17) is 4.74 Å². The van der Waals surface area contributed by atoms with E-state index in [0.29, 0.717) is 29.3 Å². The van der Waals surface area contributed by atoms with Crippen LogP contribution in [0.25, 0.3) is 5.57 Å². The van der Waals surface area contributed by atoms with Crippen molar-refractivity contribution in [1.82, 2.24) is 0 Å². The number of nitrogens with one attached hydrogen (secondary N) is 1. The largest absolute Gasteiger partial charge is 0.494 e. The first-order valence-corrected chi connectivity index (χ1v) is 11.1. The van der Waals surface area contributed by atoms with Gasteiger partial charge < -0.3 is 10.1 Å². The molecule has 0 aromatic heterocycles. The number of carbonyl (C=O) groups excluding carboxylic acids is 2. The SMILES string of the molecule is CCOc1cccc(NC2=C(c3ccc(C)cc3C)C(=O)N(c3ccc(C)cc3C)C2=O)c1. The van der Waals surface area contributed by atoms with E-state index < -0.39 is 0 Å². The topological polar surface area (TPSA) is 58.6 Å². The van der Waals surface area contributed by atoms with Gasteiger partial charge in [-0.1, -0.05) is 47.5 Å². The molecule has 2 amide bonds. The number of hydrogen-bond acceptors (Lipinski definition) is 4. The zero-order valence-corrected chi connectivity index (χ0v) is 19.7. The van der Waals surface area contributed by atoms with Crippen molar-refractivity contribution in [2.24, 2.45) is 0 Å². The number of aryl methyl sites for hydroxylation is 4. The second-order valence-electron chi connectivity index (χ2n) is 8.39. The fraction of sp³-hybridized carbons (Fsp3) is 0.214. The summed E-state index contributed by atoms with van der Waals surface area (Å²) in [5.74, 6) is -0.00900. The number of hydrogen-bond donors (Lipinski definition) is 1. The summed E-state index contributed by atoms with van der Waals surface area (Å²) in [6.45, 7) is 10.3. The fourth-order valence-electron chi connectivity index (χ4n) is 4.24. The molecular formula is C28H28N2O3. The van der Waals surface area contributed by atoms with Gasteiger partial charge in [-0.05, 0) is 69.5 Å². The third kappa shape index (κ3) is 4.27. The number of carbonyl (C=O) groups is 2. The van der Waals surface area contributed by atoms with Crippen molar-refractivity contribution in [3.8, 4) is 5.75 Å². The monoisotopic (exact) mass is 440 g/mol. The third-order valence-corrected chi connectivity index (χ3v) is 5.74. The van der Waals surface area contributed by atoms with Gasteiger partial charge in [0, 0.05) is 11.8 Å². The lowest BCUT2D eigenvalue weighted by atomic mass is 9.97. The number of anilines is 2. The third-order valence-electron chi connectivity index (χ3n) is 5.74. The molecule has 4 rings (SSSR count). The van der Waals surface area contributed by atoms with Crippen LogP contribution in [0.3, 0.4) is 0 Å². The van der Waals surface area contributed by atoms with Gasteiger partial charge in [-0.15, -0.1) is 0 Å². The summed E-state index contributed by atoms with van der Waals surface area (Å²) < 4.78 is 5.60. The lowest BCUT2D eigenvalue weighted by Gasteiger charge is -2.18. The number of ether oxygens (including phenoxy) is 1. The Morgan fingerprint density at radius 2 is 1.52 bits per heavy atom. The summed E-state index contributed by atoms with van der Waals surface area (Å²) in [4.78, 5) is 28.7. The Morgan fingerprint density at radius 3 is 2.18 bits per heavy atom. The molecule has 0 radical (unpaired) electrons. The minimum absolute atomic E-state index is 0.264. The standard InChI is InChI=1S/C28H28N2O3/c1-6-33-22-9-7-8-21(16-22)29-26-25(23-12-10-17(2)14-19(23)4)27(31)30(28(26)32)24-13-11-18(3)15-20(24)5/h7-16,29H,6H2,1-5H3. The molecule has 1 N–H and O–H groups in total. The molecule has 0 atom stereocenters. The Balaban J connectivity index is 1.85. The van der Waals surface area contributed by atoms with Crippen LogP contribution in [0.5, 0.6) is 5.75 Å². The molecule has 0 aliphatic carbocycles. The van der Waals surface area contributed by atoms with E-state index in [1.807, 2.05) is 95.3 Å². The van der Waals surface area contributed by atoms with Crippen molar-refractivity contribution in [1.29, 1.82) is 0 Å². The molecule has 0 saturated carbocycles. The van der Waals surface area contributed by atoms with E-state index in [2.05, 4.69) is 5.32 Å². The van der Waals surface area contributed by atoms with Gasteiger partial charge >= 0.3 is 0 Å². The average molecular weight is 441 g/mol. The van der Waals surface area contributed by atoms with Gasteiger partial charge in [0.1, 0.15) is 11.4 Å². The van der Waals surface area contributed by atoms with E-state index >= 15 is 0 Å². The van der Waals surface area contributed by atoms with Crippen LogP contribution in [0.1, 0.15) is 34.7 Å². The smallest absolute Gasteiger partial charge is 0.282 e. The molecule has 0 bridgehead atoms. The van der Waals surface area contributed by atoms with Crippen LogP contribution in [0.15, 0.2) is 66.4 Å². The van der Waals surface area contributed by atoms with Crippen LogP contribution in [0.2, 0.25) is 0 Å². The maximum atomic E-state index is 13.7.